The van der Waals surface area contributed by atoms with Gasteiger partial charge in [0.25, 0.3) is 5.56 Å². The number of hydrogen-bond donors (Lipinski definition) is 2. The standard InChI is InChI=1S/C10H8IN3O2/c11-8-9(15)13-5-14-10(8)16-7-4-2-1-3-6(7)12/h1-5H,12H2,(H,13,14,15). The van der Waals surface area contributed by atoms with Crippen LogP contribution in [0.4, 0.5) is 5.69 Å². The van der Waals surface area contributed by atoms with E-state index in [9.17, 15) is 4.79 Å². The normalized spacial score (nSPS) is 10.1. The molecule has 3 N–H and O–H groups in total. The average Bonchev–Trinajstić information content (AvgIpc) is 2.28. The van der Waals surface area contributed by atoms with Crippen LogP contribution in [0, 0.1) is 3.57 Å². The minimum Gasteiger partial charge on any atom is -0.435 e. The summed E-state index contributed by atoms with van der Waals surface area (Å²) in [5, 5.41) is 0. The lowest BCUT2D eigenvalue weighted by molar-refractivity contribution is 0.458. The zero-order valence-electron chi connectivity index (χ0n) is 8.11. The van der Waals surface area contributed by atoms with E-state index < -0.39 is 0 Å². The molecule has 0 aliphatic rings. The summed E-state index contributed by atoms with van der Waals surface area (Å²) in [5.41, 5.74) is 5.98. The molecule has 5 nitrogen and oxygen atoms in total. The fourth-order valence-electron chi connectivity index (χ4n) is 1.12. The van der Waals surface area contributed by atoms with Crippen molar-refractivity contribution in [3.63, 3.8) is 0 Å². The van der Waals surface area contributed by atoms with Crippen LogP contribution >= 0.6 is 22.6 Å². The Hall–Kier alpha value is -1.57. The van der Waals surface area contributed by atoms with Crippen LogP contribution in [-0.4, -0.2) is 9.97 Å². The second kappa shape index (κ2) is 4.52. The number of nitrogens with zero attached hydrogens (tertiary/aromatic N) is 1. The molecule has 0 atom stereocenters. The number of aromatic nitrogens is 2. The molecule has 0 bridgehead atoms. The lowest BCUT2D eigenvalue weighted by Gasteiger charge is -2.07. The van der Waals surface area contributed by atoms with Gasteiger partial charge in [-0.05, 0) is 34.7 Å². The van der Waals surface area contributed by atoms with Crippen molar-refractivity contribution in [1.29, 1.82) is 0 Å². The lowest BCUT2D eigenvalue weighted by atomic mass is 10.3. The van der Waals surface area contributed by atoms with E-state index in [-0.39, 0.29) is 11.4 Å². The number of nitrogens with two attached hydrogens (primary N) is 1. The zero-order chi connectivity index (χ0) is 11.5. The highest BCUT2D eigenvalue weighted by Crippen LogP contribution is 2.26. The van der Waals surface area contributed by atoms with Crippen LogP contribution in [0.2, 0.25) is 0 Å². The van der Waals surface area contributed by atoms with E-state index in [1.54, 1.807) is 24.3 Å². The van der Waals surface area contributed by atoms with Gasteiger partial charge in [-0.1, -0.05) is 12.1 Å². The molecule has 82 valence electrons. The summed E-state index contributed by atoms with van der Waals surface area (Å²) in [6.07, 6.45) is 1.29. The number of benzene rings is 1. The van der Waals surface area contributed by atoms with E-state index in [1.165, 1.54) is 6.33 Å². The second-order valence-corrected chi connectivity index (χ2v) is 4.07. The van der Waals surface area contributed by atoms with Gasteiger partial charge in [0.15, 0.2) is 5.75 Å². The minimum absolute atomic E-state index is 0.236. The second-order valence-electron chi connectivity index (χ2n) is 2.99. The fraction of sp³-hybridized carbons (Fsp3) is 0. The van der Waals surface area contributed by atoms with Crippen LogP contribution in [0.25, 0.3) is 0 Å². The molecule has 16 heavy (non-hydrogen) atoms. The molecule has 1 aromatic heterocycles. The predicted octanol–water partition coefficient (Wildman–Crippen LogP) is 1.75. The lowest BCUT2D eigenvalue weighted by Crippen LogP contribution is -2.11. The van der Waals surface area contributed by atoms with Gasteiger partial charge in [-0.25, -0.2) is 4.98 Å². The van der Waals surface area contributed by atoms with Crippen molar-refractivity contribution in [2.75, 3.05) is 5.73 Å². The van der Waals surface area contributed by atoms with Gasteiger partial charge in [0.1, 0.15) is 3.57 Å². The maximum Gasteiger partial charge on any atom is 0.268 e. The van der Waals surface area contributed by atoms with Crippen LogP contribution in [0.15, 0.2) is 35.4 Å². The van der Waals surface area contributed by atoms with E-state index in [2.05, 4.69) is 9.97 Å². The summed E-state index contributed by atoms with van der Waals surface area (Å²) >= 11 is 1.87. The highest BCUT2D eigenvalue weighted by atomic mass is 127. The molecular formula is C10H8IN3O2. The Kier molecular flexibility index (Phi) is 3.09. The molecule has 0 fully saturated rings. The van der Waals surface area contributed by atoms with Crippen molar-refractivity contribution in [1.82, 2.24) is 9.97 Å². The van der Waals surface area contributed by atoms with E-state index in [1.807, 2.05) is 22.6 Å². The number of nitrogens with one attached hydrogen (secondary N) is 1. The Bertz CT molecular complexity index is 568. The Balaban J connectivity index is 2.38. The van der Waals surface area contributed by atoms with Crippen LogP contribution in [0.1, 0.15) is 0 Å². The molecule has 2 aromatic rings. The fourth-order valence-corrected chi connectivity index (χ4v) is 1.52. The van der Waals surface area contributed by atoms with E-state index in [0.717, 1.165) is 0 Å². The summed E-state index contributed by atoms with van der Waals surface area (Å²) in [7, 11) is 0. The van der Waals surface area contributed by atoms with Crippen LogP contribution in [0.5, 0.6) is 11.6 Å². The topological polar surface area (TPSA) is 81.0 Å². The minimum atomic E-state index is -0.236. The highest BCUT2D eigenvalue weighted by molar-refractivity contribution is 14.1. The molecule has 0 spiro atoms. The van der Waals surface area contributed by atoms with Gasteiger partial charge in [0, 0.05) is 0 Å². The summed E-state index contributed by atoms with van der Waals surface area (Å²) in [6.45, 7) is 0. The van der Waals surface area contributed by atoms with E-state index >= 15 is 0 Å². The highest BCUT2D eigenvalue weighted by Gasteiger charge is 2.08. The van der Waals surface area contributed by atoms with E-state index in [4.69, 9.17) is 10.5 Å². The number of nitrogen functional groups attached to an aromatic ring is 1. The third-order valence-electron chi connectivity index (χ3n) is 1.89. The average molecular weight is 329 g/mol. The van der Waals surface area contributed by atoms with Gasteiger partial charge in [-0.3, -0.25) is 4.79 Å². The molecular weight excluding hydrogens is 321 g/mol. The summed E-state index contributed by atoms with van der Waals surface area (Å²) in [6, 6.07) is 7.04. The van der Waals surface area contributed by atoms with Crippen molar-refractivity contribution < 1.29 is 4.74 Å². The first kappa shape index (κ1) is 10.9. The number of aromatic amines is 1. The van der Waals surface area contributed by atoms with Crippen molar-refractivity contribution in [2.45, 2.75) is 0 Å². The van der Waals surface area contributed by atoms with Gasteiger partial charge in [-0.2, -0.15) is 0 Å². The predicted molar refractivity (Wildman–Crippen MR) is 68.5 cm³/mol. The number of ether oxygens (including phenoxy) is 1. The number of hydrogen-bond acceptors (Lipinski definition) is 4. The Labute approximate surface area is 105 Å². The summed E-state index contributed by atoms with van der Waals surface area (Å²) in [4.78, 5) is 17.7. The molecule has 1 aromatic carbocycles. The zero-order valence-corrected chi connectivity index (χ0v) is 10.3. The molecule has 0 radical (unpaired) electrons. The first-order chi connectivity index (χ1) is 7.68. The maximum atomic E-state index is 11.3. The molecule has 1 heterocycles. The van der Waals surface area contributed by atoms with Crippen LogP contribution in [0.3, 0.4) is 0 Å². The van der Waals surface area contributed by atoms with Gasteiger partial charge < -0.3 is 15.5 Å². The van der Waals surface area contributed by atoms with Gasteiger partial charge in [0.05, 0.1) is 12.0 Å². The first-order valence-corrected chi connectivity index (χ1v) is 5.52. The molecule has 0 aliphatic heterocycles. The number of halogens is 1. The molecule has 0 saturated heterocycles. The van der Waals surface area contributed by atoms with Gasteiger partial charge in [-0.15, -0.1) is 0 Å². The number of anilines is 1. The first-order valence-electron chi connectivity index (χ1n) is 4.44. The SMILES string of the molecule is Nc1ccccc1Oc1nc[nH]c(=O)c1I. The third kappa shape index (κ3) is 2.16. The van der Waals surface area contributed by atoms with Crippen molar-refractivity contribution in [2.24, 2.45) is 0 Å². The maximum absolute atomic E-state index is 11.3. The molecule has 0 unspecified atom stereocenters. The Morgan fingerprint density at radius 1 is 1.38 bits per heavy atom. The number of H-pyrrole nitrogens is 1. The van der Waals surface area contributed by atoms with Crippen molar-refractivity contribution >= 4 is 28.3 Å². The van der Waals surface area contributed by atoms with Crippen molar-refractivity contribution in [3.8, 4) is 11.6 Å². The van der Waals surface area contributed by atoms with Crippen molar-refractivity contribution in [3.05, 3.63) is 44.5 Å². The Morgan fingerprint density at radius 3 is 2.88 bits per heavy atom. The molecule has 0 saturated carbocycles. The van der Waals surface area contributed by atoms with Crippen LogP contribution in [-0.2, 0) is 0 Å². The smallest absolute Gasteiger partial charge is 0.268 e. The quantitative estimate of drug-likeness (QED) is 0.650. The Morgan fingerprint density at radius 2 is 2.12 bits per heavy atom. The van der Waals surface area contributed by atoms with Crippen LogP contribution < -0.4 is 16.0 Å². The largest absolute Gasteiger partial charge is 0.435 e. The summed E-state index contributed by atoms with van der Waals surface area (Å²) in [5.74, 6) is 0.737. The monoisotopic (exact) mass is 329 g/mol. The van der Waals surface area contributed by atoms with Gasteiger partial charge in [0.2, 0.25) is 5.88 Å². The van der Waals surface area contributed by atoms with E-state index in [0.29, 0.717) is 15.0 Å². The third-order valence-corrected chi connectivity index (χ3v) is 2.84. The molecule has 6 heteroatoms. The number of rotatable bonds is 2. The molecule has 0 aliphatic carbocycles. The van der Waals surface area contributed by atoms with Gasteiger partial charge >= 0.3 is 0 Å². The molecule has 2 rings (SSSR count). The molecule has 0 amide bonds. The summed E-state index contributed by atoms with van der Waals surface area (Å²) < 4.78 is 5.85. The number of para-hydroxylation sites is 2.